The number of methoxy groups -OCH3 is 1. The van der Waals surface area contributed by atoms with Gasteiger partial charge in [-0.2, -0.15) is 4.98 Å². The molecule has 1 fully saturated rings. The summed E-state index contributed by atoms with van der Waals surface area (Å²) in [6.07, 6.45) is 2.61. The third-order valence-electron chi connectivity index (χ3n) is 5.80. The van der Waals surface area contributed by atoms with Crippen LogP contribution in [0.1, 0.15) is 54.7 Å². The van der Waals surface area contributed by atoms with Crippen LogP contribution in [0.3, 0.4) is 0 Å². The van der Waals surface area contributed by atoms with Crippen molar-refractivity contribution in [2.75, 3.05) is 20.2 Å². The van der Waals surface area contributed by atoms with Crippen LogP contribution < -0.4 is 4.74 Å². The molecule has 1 aromatic carbocycles. The summed E-state index contributed by atoms with van der Waals surface area (Å²) in [5.74, 6) is 1.34. The zero-order chi connectivity index (χ0) is 23.4. The molecular weight excluding hydrogens is 440 g/mol. The van der Waals surface area contributed by atoms with Gasteiger partial charge in [0.05, 0.1) is 12.0 Å². The van der Waals surface area contributed by atoms with Crippen LogP contribution in [0.4, 0.5) is 0 Å². The molecule has 174 valence electrons. The van der Waals surface area contributed by atoms with E-state index < -0.39 is 0 Å². The van der Waals surface area contributed by atoms with E-state index in [0.717, 1.165) is 24.8 Å². The molecule has 0 saturated carbocycles. The number of benzene rings is 1. The number of thiophene rings is 1. The average Bonchev–Trinajstić information content (AvgIpc) is 3.54. The van der Waals surface area contributed by atoms with Crippen LogP contribution in [0.5, 0.6) is 5.75 Å². The Kier molecular flexibility index (Phi) is 7.08. The molecule has 3 heterocycles. The van der Waals surface area contributed by atoms with Crippen molar-refractivity contribution in [3.63, 3.8) is 0 Å². The van der Waals surface area contributed by atoms with Crippen LogP contribution >= 0.6 is 11.3 Å². The summed E-state index contributed by atoms with van der Waals surface area (Å²) in [6, 6.07) is 10.7. The maximum absolute atomic E-state index is 13.4. The van der Waals surface area contributed by atoms with Crippen molar-refractivity contribution in [3.05, 3.63) is 52.5 Å². The fourth-order valence-corrected chi connectivity index (χ4v) is 4.68. The van der Waals surface area contributed by atoms with E-state index in [1.807, 2.05) is 49.6 Å². The molecule has 33 heavy (non-hydrogen) atoms. The lowest BCUT2D eigenvalue weighted by molar-refractivity contribution is -0.136. The highest BCUT2D eigenvalue weighted by Gasteiger charge is 2.34. The minimum absolute atomic E-state index is 0.0157. The monoisotopic (exact) mass is 468 g/mol. The fraction of sp³-hybridized carbons (Fsp3) is 0.417. The zero-order valence-corrected chi connectivity index (χ0v) is 19.9. The molecule has 0 spiro atoms. The Morgan fingerprint density at radius 3 is 2.85 bits per heavy atom. The van der Waals surface area contributed by atoms with Gasteiger partial charge in [-0.25, -0.2) is 0 Å². The molecule has 0 radical (unpaired) electrons. The Hall–Kier alpha value is -3.20. The van der Waals surface area contributed by atoms with Crippen LogP contribution in [0.15, 0.2) is 46.3 Å². The summed E-state index contributed by atoms with van der Waals surface area (Å²) in [7, 11) is 1.61. The predicted octanol–water partition coefficient (Wildman–Crippen LogP) is 4.41. The molecule has 4 rings (SSSR count). The molecule has 0 bridgehead atoms. The van der Waals surface area contributed by atoms with Gasteiger partial charge in [-0.05, 0) is 56.7 Å². The lowest BCUT2D eigenvalue weighted by atomic mass is 10.0. The summed E-state index contributed by atoms with van der Waals surface area (Å²) in [5.41, 5.74) is 0.783. The highest BCUT2D eigenvalue weighted by Crippen LogP contribution is 2.32. The first-order valence-electron chi connectivity index (χ1n) is 11.1. The molecule has 2 aromatic heterocycles. The van der Waals surface area contributed by atoms with Gasteiger partial charge in [-0.3, -0.25) is 9.59 Å². The minimum Gasteiger partial charge on any atom is -0.497 e. The molecule has 9 heteroatoms. The SMILES string of the molecule is COc1cccc(-c2noc(C3CCCCN3C(=O)CN(C(=O)c3cccs3)C(C)C)n2)c1. The van der Waals surface area contributed by atoms with Gasteiger partial charge < -0.3 is 19.1 Å². The van der Waals surface area contributed by atoms with Gasteiger partial charge >= 0.3 is 0 Å². The van der Waals surface area contributed by atoms with Crippen LogP contribution in [-0.2, 0) is 4.79 Å². The van der Waals surface area contributed by atoms with E-state index in [0.29, 0.717) is 28.9 Å². The van der Waals surface area contributed by atoms with E-state index >= 15 is 0 Å². The van der Waals surface area contributed by atoms with Gasteiger partial charge in [0.15, 0.2) is 0 Å². The van der Waals surface area contributed by atoms with E-state index in [9.17, 15) is 9.59 Å². The quantitative estimate of drug-likeness (QED) is 0.510. The van der Waals surface area contributed by atoms with Crippen molar-refractivity contribution in [3.8, 4) is 17.1 Å². The van der Waals surface area contributed by atoms with E-state index in [4.69, 9.17) is 9.26 Å². The van der Waals surface area contributed by atoms with Gasteiger partial charge in [0, 0.05) is 18.2 Å². The Labute approximate surface area is 197 Å². The second-order valence-electron chi connectivity index (χ2n) is 8.29. The standard InChI is InChI=1S/C24H28N4O4S/c1-16(2)28(24(30)20-11-7-13-33-20)15-21(29)27-12-5-4-10-19(27)23-25-22(26-32-23)17-8-6-9-18(14-17)31-3/h6-9,11,13-14,16,19H,4-5,10,12,15H2,1-3H3. The van der Waals surface area contributed by atoms with Gasteiger partial charge in [0.2, 0.25) is 17.6 Å². The predicted molar refractivity (Wildman–Crippen MR) is 125 cm³/mol. The fourth-order valence-electron chi connectivity index (χ4n) is 4.00. The van der Waals surface area contributed by atoms with E-state index in [2.05, 4.69) is 10.1 Å². The number of aromatic nitrogens is 2. The van der Waals surface area contributed by atoms with Gasteiger partial charge in [0.25, 0.3) is 5.91 Å². The normalized spacial score (nSPS) is 16.1. The first kappa shape index (κ1) is 23.0. The molecule has 1 saturated heterocycles. The molecule has 1 atom stereocenters. The van der Waals surface area contributed by atoms with Crippen LogP contribution in [-0.4, -0.2) is 58.0 Å². The number of ether oxygens (including phenoxy) is 1. The van der Waals surface area contributed by atoms with E-state index in [1.54, 1.807) is 23.0 Å². The van der Waals surface area contributed by atoms with Gasteiger partial charge in [0.1, 0.15) is 18.3 Å². The topological polar surface area (TPSA) is 88.8 Å². The molecule has 1 aliphatic heterocycles. The lowest BCUT2D eigenvalue weighted by Gasteiger charge is -2.35. The maximum atomic E-state index is 13.4. The first-order chi connectivity index (χ1) is 16.0. The second kappa shape index (κ2) is 10.2. The molecule has 3 aromatic rings. The molecular formula is C24H28N4O4S. The number of carbonyl (C=O) groups is 2. The van der Waals surface area contributed by atoms with Gasteiger partial charge in [-0.1, -0.05) is 23.4 Å². The van der Waals surface area contributed by atoms with E-state index in [1.165, 1.54) is 11.3 Å². The second-order valence-corrected chi connectivity index (χ2v) is 9.24. The molecule has 1 aliphatic rings. The summed E-state index contributed by atoms with van der Waals surface area (Å²) in [6.45, 7) is 4.46. The molecule has 1 unspecified atom stereocenters. The number of rotatable bonds is 7. The highest BCUT2D eigenvalue weighted by molar-refractivity contribution is 7.12. The average molecular weight is 469 g/mol. The summed E-state index contributed by atoms with van der Waals surface area (Å²) >= 11 is 1.38. The molecule has 0 aliphatic carbocycles. The van der Waals surface area contributed by atoms with Crippen molar-refractivity contribution >= 4 is 23.2 Å². The van der Waals surface area contributed by atoms with Gasteiger partial charge in [-0.15, -0.1) is 11.3 Å². The number of piperidine rings is 1. The number of nitrogens with zero attached hydrogens (tertiary/aromatic N) is 4. The summed E-state index contributed by atoms with van der Waals surface area (Å²) < 4.78 is 10.9. The Bertz CT molecular complexity index is 1100. The number of hydrogen-bond acceptors (Lipinski definition) is 7. The smallest absolute Gasteiger partial charge is 0.264 e. The Balaban J connectivity index is 1.53. The third kappa shape index (κ3) is 5.08. The minimum atomic E-state index is -0.302. The molecule has 0 N–H and O–H groups in total. The number of likely N-dealkylation sites (tertiary alicyclic amines) is 1. The Morgan fingerprint density at radius 2 is 2.12 bits per heavy atom. The lowest BCUT2D eigenvalue weighted by Crippen LogP contribution is -2.48. The molecule has 2 amide bonds. The van der Waals surface area contributed by atoms with Crippen molar-refractivity contribution in [1.29, 1.82) is 0 Å². The van der Waals surface area contributed by atoms with E-state index in [-0.39, 0.29) is 30.4 Å². The first-order valence-corrected chi connectivity index (χ1v) is 12.0. The summed E-state index contributed by atoms with van der Waals surface area (Å²) in [4.78, 5) is 34.9. The van der Waals surface area contributed by atoms with Crippen molar-refractivity contribution < 1.29 is 18.8 Å². The Morgan fingerprint density at radius 1 is 1.27 bits per heavy atom. The van der Waals surface area contributed by atoms with Crippen LogP contribution in [0, 0.1) is 0 Å². The third-order valence-corrected chi connectivity index (χ3v) is 6.66. The van der Waals surface area contributed by atoms with Crippen LogP contribution in [0.2, 0.25) is 0 Å². The largest absolute Gasteiger partial charge is 0.497 e. The molecule has 8 nitrogen and oxygen atoms in total. The number of hydrogen-bond donors (Lipinski definition) is 0. The number of amides is 2. The zero-order valence-electron chi connectivity index (χ0n) is 19.1. The van der Waals surface area contributed by atoms with Crippen LogP contribution in [0.25, 0.3) is 11.4 Å². The highest BCUT2D eigenvalue weighted by atomic mass is 32.1. The number of carbonyl (C=O) groups excluding carboxylic acids is 2. The van der Waals surface area contributed by atoms with Crippen molar-refractivity contribution in [2.45, 2.75) is 45.2 Å². The summed E-state index contributed by atoms with van der Waals surface area (Å²) in [5, 5.41) is 6.00. The van der Waals surface area contributed by atoms with Crippen molar-refractivity contribution in [2.24, 2.45) is 0 Å². The maximum Gasteiger partial charge on any atom is 0.264 e. The van der Waals surface area contributed by atoms with Crippen molar-refractivity contribution in [1.82, 2.24) is 19.9 Å².